The molecule has 2 N–H and O–H groups in total. The van der Waals surface area contributed by atoms with Crippen LogP contribution in [0.15, 0.2) is 24.3 Å². The Balaban J connectivity index is 1.94. The number of alkyl halides is 3. The average molecular weight is 300 g/mol. The van der Waals surface area contributed by atoms with Gasteiger partial charge >= 0.3 is 6.18 Å². The number of hydrogen-bond acceptors (Lipinski definition) is 2. The fraction of sp³-hybridized carbons (Fsp3) is 0.533. The molecule has 1 saturated heterocycles. The molecule has 1 aliphatic heterocycles. The van der Waals surface area contributed by atoms with Crippen molar-refractivity contribution in [2.75, 3.05) is 13.1 Å². The smallest absolute Gasteiger partial charge is 0.342 e. The predicted molar refractivity (Wildman–Crippen MR) is 73.4 cm³/mol. The number of carbonyl (C=O) groups excluding carboxylic acids is 1. The van der Waals surface area contributed by atoms with Gasteiger partial charge in [0, 0.05) is 19.6 Å². The van der Waals surface area contributed by atoms with E-state index in [-0.39, 0.29) is 38.3 Å². The Labute approximate surface area is 121 Å². The van der Waals surface area contributed by atoms with Crippen molar-refractivity contribution in [2.45, 2.75) is 32.0 Å². The summed E-state index contributed by atoms with van der Waals surface area (Å²) >= 11 is 0. The summed E-state index contributed by atoms with van der Waals surface area (Å²) in [6, 6.07) is 7.38. The van der Waals surface area contributed by atoms with Gasteiger partial charge in [-0.15, -0.1) is 0 Å². The highest BCUT2D eigenvalue weighted by atomic mass is 19.4. The molecule has 0 unspecified atom stereocenters. The Bertz CT molecular complexity index is 494. The van der Waals surface area contributed by atoms with E-state index in [1.54, 1.807) is 0 Å². The third-order valence-corrected chi connectivity index (χ3v) is 3.99. The second-order valence-electron chi connectivity index (χ2n) is 5.35. The first-order chi connectivity index (χ1) is 9.91. The Morgan fingerprint density at radius 3 is 2.29 bits per heavy atom. The number of rotatable bonds is 3. The molecule has 21 heavy (non-hydrogen) atoms. The third-order valence-electron chi connectivity index (χ3n) is 3.99. The Hall–Kier alpha value is -1.56. The van der Waals surface area contributed by atoms with Gasteiger partial charge in [-0.2, -0.15) is 13.2 Å². The lowest BCUT2D eigenvalue weighted by atomic mass is 9.95. The van der Waals surface area contributed by atoms with Crippen LogP contribution < -0.4 is 5.73 Å². The summed E-state index contributed by atoms with van der Waals surface area (Å²) in [4.78, 5) is 13.7. The quantitative estimate of drug-likeness (QED) is 0.932. The summed E-state index contributed by atoms with van der Waals surface area (Å²) in [6.45, 7) is 0.696. The highest BCUT2D eigenvalue weighted by Gasteiger charge is 2.41. The summed E-state index contributed by atoms with van der Waals surface area (Å²) in [5.74, 6) is -1.41. The van der Waals surface area contributed by atoms with Crippen LogP contribution in [0, 0.1) is 5.92 Å². The molecule has 3 nitrogen and oxygen atoms in total. The molecule has 2 rings (SSSR count). The zero-order valence-electron chi connectivity index (χ0n) is 11.7. The van der Waals surface area contributed by atoms with Gasteiger partial charge in [0.05, 0.1) is 12.3 Å². The fourth-order valence-corrected chi connectivity index (χ4v) is 2.66. The largest absolute Gasteiger partial charge is 0.391 e. The number of nitrogens with zero attached hydrogens (tertiary/aromatic N) is 1. The molecule has 1 fully saturated rings. The molecule has 1 heterocycles. The maximum atomic E-state index is 12.6. The molecule has 0 saturated carbocycles. The summed E-state index contributed by atoms with van der Waals surface area (Å²) in [5.41, 5.74) is 7.37. The monoisotopic (exact) mass is 300 g/mol. The van der Waals surface area contributed by atoms with Crippen LogP contribution in [0.4, 0.5) is 13.2 Å². The van der Waals surface area contributed by atoms with Gasteiger partial charge in [-0.3, -0.25) is 4.79 Å². The zero-order valence-corrected chi connectivity index (χ0v) is 11.7. The number of likely N-dealkylation sites (tertiary alicyclic amines) is 1. The number of piperidine rings is 1. The molecular formula is C15H19F3N2O. The van der Waals surface area contributed by atoms with E-state index in [2.05, 4.69) is 0 Å². The van der Waals surface area contributed by atoms with Gasteiger partial charge in [0.15, 0.2) is 0 Å². The first-order valence-corrected chi connectivity index (χ1v) is 7.03. The van der Waals surface area contributed by atoms with Crippen molar-refractivity contribution in [3.05, 3.63) is 35.4 Å². The highest BCUT2D eigenvalue weighted by Crippen LogP contribution is 2.34. The summed E-state index contributed by atoms with van der Waals surface area (Å²) < 4.78 is 37.8. The van der Waals surface area contributed by atoms with Crippen LogP contribution in [-0.4, -0.2) is 30.1 Å². The molecule has 0 aromatic heterocycles. The average Bonchev–Trinajstić information content (AvgIpc) is 2.47. The van der Waals surface area contributed by atoms with E-state index in [9.17, 15) is 18.0 Å². The number of benzene rings is 1. The van der Waals surface area contributed by atoms with Crippen LogP contribution in [0.25, 0.3) is 0 Å². The van der Waals surface area contributed by atoms with E-state index in [0.29, 0.717) is 6.54 Å². The molecular weight excluding hydrogens is 281 g/mol. The maximum Gasteiger partial charge on any atom is 0.391 e. The number of amides is 1. The summed E-state index contributed by atoms with van der Waals surface area (Å²) in [5, 5.41) is 0. The Morgan fingerprint density at radius 2 is 1.76 bits per heavy atom. The van der Waals surface area contributed by atoms with Crippen LogP contribution in [0.2, 0.25) is 0 Å². The first kappa shape index (κ1) is 15.8. The molecule has 1 amide bonds. The van der Waals surface area contributed by atoms with E-state index in [0.717, 1.165) is 11.1 Å². The van der Waals surface area contributed by atoms with Crippen LogP contribution in [0.5, 0.6) is 0 Å². The van der Waals surface area contributed by atoms with E-state index in [1.807, 2.05) is 24.3 Å². The van der Waals surface area contributed by atoms with Crippen molar-refractivity contribution in [3.63, 3.8) is 0 Å². The van der Waals surface area contributed by atoms with Crippen molar-refractivity contribution in [3.8, 4) is 0 Å². The number of nitrogens with two attached hydrogens (primary N) is 1. The lowest BCUT2D eigenvalue weighted by Crippen LogP contribution is -2.42. The predicted octanol–water partition coefficient (Wildman–Crippen LogP) is 2.49. The van der Waals surface area contributed by atoms with Gasteiger partial charge in [0.1, 0.15) is 0 Å². The molecule has 116 valence electrons. The van der Waals surface area contributed by atoms with Crippen LogP contribution in [0.3, 0.4) is 0 Å². The summed E-state index contributed by atoms with van der Waals surface area (Å²) in [6.07, 6.45) is -3.97. The van der Waals surface area contributed by atoms with Crippen LogP contribution in [-0.2, 0) is 17.8 Å². The molecule has 0 bridgehead atoms. The lowest BCUT2D eigenvalue weighted by Gasteiger charge is -2.33. The van der Waals surface area contributed by atoms with Crippen molar-refractivity contribution in [1.29, 1.82) is 0 Å². The lowest BCUT2D eigenvalue weighted by molar-refractivity contribution is -0.186. The van der Waals surface area contributed by atoms with Gasteiger partial charge < -0.3 is 10.6 Å². The van der Waals surface area contributed by atoms with Crippen molar-refractivity contribution in [2.24, 2.45) is 11.7 Å². The molecule has 0 spiro atoms. The Morgan fingerprint density at radius 1 is 1.19 bits per heavy atom. The number of halogens is 3. The highest BCUT2D eigenvalue weighted by molar-refractivity contribution is 5.79. The van der Waals surface area contributed by atoms with Crippen molar-refractivity contribution >= 4 is 5.91 Å². The van der Waals surface area contributed by atoms with E-state index in [4.69, 9.17) is 5.73 Å². The minimum atomic E-state index is -4.15. The van der Waals surface area contributed by atoms with Gasteiger partial charge in [0.2, 0.25) is 5.91 Å². The third kappa shape index (κ3) is 3.97. The van der Waals surface area contributed by atoms with Crippen LogP contribution in [0.1, 0.15) is 24.0 Å². The molecule has 6 heteroatoms. The second-order valence-corrected chi connectivity index (χ2v) is 5.35. The van der Waals surface area contributed by atoms with Gasteiger partial charge in [-0.1, -0.05) is 24.3 Å². The number of carbonyl (C=O) groups is 1. The first-order valence-electron chi connectivity index (χ1n) is 7.03. The van der Waals surface area contributed by atoms with E-state index >= 15 is 0 Å². The molecule has 1 aliphatic rings. The zero-order chi connectivity index (χ0) is 15.5. The topological polar surface area (TPSA) is 46.3 Å². The SMILES string of the molecule is NCc1ccccc1CC(=O)N1CCC(C(F)(F)F)CC1. The molecule has 0 radical (unpaired) electrons. The van der Waals surface area contributed by atoms with Gasteiger partial charge in [0.25, 0.3) is 0 Å². The van der Waals surface area contributed by atoms with E-state index < -0.39 is 12.1 Å². The molecule has 0 aliphatic carbocycles. The van der Waals surface area contributed by atoms with Gasteiger partial charge in [-0.05, 0) is 24.0 Å². The van der Waals surface area contributed by atoms with Crippen LogP contribution >= 0.6 is 0 Å². The van der Waals surface area contributed by atoms with Crippen molar-refractivity contribution < 1.29 is 18.0 Å². The second kappa shape index (κ2) is 6.47. The van der Waals surface area contributed by atoms with Crippen molar-refractivity contribution in [1.82, 2.24) is 4.90 Å². The van der Waals surface area contributed by atoms with E-state index in [1.165, 1.54) is 4.90 Å². The standard InChI is InChI=1S/C15H19F3N2O/c16-15(17,18)13-5-7-20(8-6-13)14(21)9-11-3-1-2-4-12(11)10-19/h1-4,13H,5-10,19H2. The minimum absolute atomic E-state index is 0.00617. The number of hydrogen-bond donors (Lipinski definition) is 1. The van der Waals surface area contributed by atoms with Gasteiger partial charge in [-0.25, -0.2) is 0 Å². The minimum Gasteiger partial charge on any atom is -0.342 e. The fourth-order valence-electron chi connectivity index (χ4n) is 2.66. The summed E-state index contributed by atoms with van der Waals surface area (Å²) in [7, 11) is 0. The normalized spacial score (nSPS) is 17.0. The molecule has 0 atom stereocenters. The maximum absolute atomic E-state index is 12.6. The molecule has 1 aromatic rings. The molecule has 1 aromatic carbocycles. The Kier molecular flexibility index (Phi) is 4.88.